The largest absolute Gasteiger partial charge is 0.396 e. The van der Waals surface area contributed by atoms with Crippen LogP contribution in [0.1, 0.15) is 51.9 Å². The van der Waals surface area contributed by atoms with Gasteiger partial charge in [0, 0.05) is 13.0 Å². The number of nitrogens with two attached hydrogens (primary N) is 1. The monoisotopic (exact) mass is 201 g/mol. The molecule has 3 nitrogen and oxygen atoms in total. The van der Waals surface area contributed by atoms with Crippen LogP contribution in [0.25, 0.3) is 0 Å². The summed E-state index contributed by atoms with van der Waals surface area (Å²) < 4.78 is 0. The maximum Gasteiger partial charge on any atom is 0.217 e. The van der Waals surface area contributed by atoms with Crippen molar-refractivity contribution in [3.05, 3.63) is 0 Å². The van der Waals surface area contributed by atoms with Crippen LogP contribution in [-0.4, -0.2) is 17.6 Å². The van der Waals surface area contributed by atoms with E-state index in [1.807, 2.05) is 0 Å². The highest BCUT2D eigenvalue weighted by molar-refractivity contribution is 5.73. The second kappa shape index (κ2) is 9.00. The van der Waals surface area contributed by atoms with E-state index in [0.717, 1.165) is 19.3 Å². The first-order chi connectivity index (χ1) is 6.66. The van der Waals surface area contributed by atoms with Crippen molar-refractivity contribution in [2.24, 2.45) is 11.7 Å². The van der Waals surface area contributed by atoms with E-state index in [9.17, 15) is 4.79 Å². The van der Waals surface area contributed by atoms with Crippen LogP contribution in [-0.2, 0) is 4.79 Å². The SMILES string of the molecule is CC(CO)CCCCCCCC(N)=O. The first-order valence-corrected chi connectivity index (χ1v) is 5.56. The maximum absolute atomic E-state index is 10.4. The molecule has 1 unspecified atom stereocenters. The summed E-state index contributed by atoms with van der Waals surface area (Å²) in [7, 11) is 0. The Labute approximate surface area is 86.7 Å². The van der Waals surface area contributed by atoms with Gasteiger partial charge < -0.3 is 10.8 Å². The number of hydrogen-bond acceptors (Lipinski definition) is 2. The Kier molecular flexibility index (Phi) is 8.64. The minimum atomic E-state index is -0.195. The summed E-state index contributed by atoms with van der Waals surface area (Å²) >= 11 is 0. The van der Waals surface area contributed by atoms with E-state index in [4.69, 9.17) is 10.8 Å². The van der Waals surface area contributed by atoms with Crippen molar-refractivity contribution in [1.29, 1.82) is 0 Å². The lowest BCUT2D eigenvalue weighted by atomic mass is 10.0. The standard InChI is InChI=1S/C11H23NO2/c1-10(9-13)7-5-3-2-4-6-8-11(12)14/h10,13H,2-9H2,1H3,(H2,12,14). The van der Waals surface area contributed by atoms with Crippen LogP contribution < -0.4 is 5.73 Å². The lowest BCUT2D eigenvalue weighted by molar-refractivity contribution is -0.118. The van der Waals surface area contributed by atoms with Crippen LogP contribution in [0.3, 0.4) is 0 Å². The fourth-order valence-corrected chi connectivity index (χ4v) is 1.41. The Morgan fingerprint density at radius 3 is 2.36 bits per heavy atom. The fraction of sp³-hybridized carbons (Fsp3) is 0.909. The van der Waals surface area contributed by atoms with E-state index in [1.54, 1.807) is 0 Å². The van der Waals surface area contributed by atoms with Crippen molar-refractivity contribution in [2.75, 3.05) is 6.61 Å². The zero-order valence-electron chi connectivity index (χ0n) is 9.17. The zero-order valence-corrected chi connectivity index (χ0v) is 9.17. The van der Waals surface area contributed by atoms with E-state index in [2.05, 4.69) is 6.92 Å². The Morgan fingerprint density at radius 1 is 1.21 bits per heavy atom. The van der Waals surface area contributed by atoms with Crippen LogP contribution in [0.4, 0.5) is 0 Å². The molecule has 1 amide bonds. The van der Waals surface area contributed by atoms with Crippen LogP contribution in [0.15, 0.2) is 0 Å². The molecule has 0 aliphatic carbocycles. The lowest BCUT2D eigenvalue weighted by Crippen LogP contribution is -2.09. The highest BCUT2D eigenvalue weighted by Gasteiger charge is 1.99. The third-order valence-corrected chi connectivity index (χ3v) is 2.43. The van der Waals surface area contributed by atoms with Crippen molar-refractivity contribution in [1.82, 2.24) is 0 Å². The van der Waals surface area contributed by atoms with Gasteiger partial charge in [-0.2, -0.15) is 0 Å². The number of aliphatic hydroxyl groups is 1. The van der Waals surface area contributed by atoms with E-state index < -0.39 is 0 Å². The molecule has 0 saturated carbocycles. The van der Waals surface area contributed by atoms with Gasteiger partial charge in [-0.05, 0) is 18.8 Å². The highest BCUT2D eigenvalue weighted by atomic mass is 16.3. The van der Waals surface area contributed by atoms with Gasteiger partial charge in [0.1, 0.15) is 0 Å². The molecule has 0 aromatic carbocycles. The molecule has 0 heterocycles. The molecule has 1 atom stereocenters. The number of carbonyl (C=O) groups excluding carboxylic acids is 1. The maximum atomic E-state index is 10.4. The minimum absolute atomic E-state index is 0.195. The van der Waals surface area contributed by atoms with E-state index in [-0.39, 0.29) is 5.91 Å². The zero-order chi connectivity index (χ0) is 10.8. The summed E-state index contributed by atoms with van der Waals surface area (Å²) in [5, 5.41) is 8.79. The van der Waals surface area contributed by atoms with Crippen LogP contribution in [0.2, 0.25) is 0 Å². The molecule has 3 N–H and O–H groups in total. The van der Waals surface area contributed by atoms with Gasteiger partial charge in [-0.15, -0.1) is 0 Å². The third-order valence-electron chi connectivity index (χ3n) is 2.43. The van der Waals surface area contributed by atoms with E-state index >= 15 is 0 Å². The molecule has 0 spiro atoms. The Balaban J connectivity index is 3.02. The number of hydrogen-bond donors (Lipinski definition) is 2. The molecule has 3 heteroatoms. The van der Waals surface area contributed by atoms with Gasteiger partial charge in [0.25, 0.3) is 0 Å². The average molecular weight is 201 g/mol. The molecule has 0 aliphatic rings. The van der Waals surface area contributed by atoms with Crippen molar-refractivity contribution >= 4 is 5.91 Å². The second-order valence-electron chi connectivity index (χ2n) is 4.06. The molecular weight excluding hydrogens is 178 g/mol. The van der Waals surface area contributed by atoms with Crippen LogP contribution in [0.5, 0.6) is 0 Å². The number of amides is 1. The molecule has 0 bridgehead atoms. The highest BCUT2D eigenvalue weighted by Crippen LogP contribution is 2.11. The molecule has 0 aromatic heterocycles. The van der Waals surface area contributed by atoms with E-state index in [0.29, 0.717) is 18.9 Å². The molecule has 0 fully saturated rings. The first kappa shape index (κ1) is 13.4. The Bertz CT molecular complexity index is 148. The van der Waals surface area contributed by atoms with Crippen LogP contribution in [0, 0.1) is 5.92 Å². The summed E-state index contributed by atoms with van der Waals surface area (Å²) in [6.07, 6.45) is 7.19. The smallest absolute Gasteiger partial charge is 0.217 e. The molecule has 0 aromatic rings. The van der Waals surface area contributed by atoms with Crippen molar-refractivity contribution in [3.63, 3.8) is 0 Å². The lowest BCUT2D eigenvalue weighted by Gasteiger charge is -2.06. The van der Waals surface area contributed by atoms with Gasteiger partial charge >= 0.3 is 0 Å². The second-order valence-corrected chi connectivity index (χ2v) is 4.06. The molecule has 0 saturated heterocycles. The predicted octanol–water partition coefficient (Wildman–Crippen LogP) is 1.83. The van der Waals surface area contributed by atoms with Gasteiger partial charge in [0.15, 0.2) is 0 Å². The quantitative estimate of drug-likeness (QED) is 0.559. The summed E-state index contributed by atoms with van der Waals surface area (Å²) in [6, 6.07) is 0. The van der Waals surface area contributed by atoms with Crippen LogP contribution >= 0.6 is 0 Å². The first-order valence-electron chi connectivity index (χ1n) is 5.56. The van der Waals surface area contributed by atoms with Crippen molar-refractivity contribution in [3.8, 4) is 0 Å². The molecule has 0 rings (SSSR count). The minimum Gasteiger partial charge on any atom is -0.396 e. The molecule has 14 heavy (non-hydrogen) atoms. The average Bonchev–Trinajstić information content (AvgIpc) is 2.15. The Hall–Kier alpha value is -0.570. The van der Waals surface area contributed by atoms with Gasteiger partial charge in [-0.25, -0.2) is 0 Å². The summed E-state index contributed by atoms with van der Waals surface area (Å²) in [5.74, 6) is 0.236. The molecule has 0 radical (unpaired) electrons. The van der Waals surface area contributed by atoms with E-state index in [1.165, 1.54) is 19.3 Å². The number of carbonyl (C=O) groups is 1. The Morgan fingerprint density at radius 2 is 1.79 bits per heavy atom. The van der Waals surface area contributed by atoms with Gasteiger partial charge in [0.2, 0.25) is 5.91 Å². The van der Waals surface area contributed by atoms with Crippen molar-refractivity contribution in [2.45, 2.75) is 51.9 Å². The molecule has 0 aliphatic heterocycles. The summed E-state index contributed by atoms with van der Waals surface area (Å²) in [6.45, 7) is 2.36. The van der Waals surface area contributed by atoms with Gasteiger partial charge in [0.05, 0.1) is 0 Å². The number of primary amides is 1. The number of aliphatic hydroxyl groups excluding tert-OH is 1. The number of rotatable bonds is 9. The molecular formula is C11H23NO2. The fourth-order valence-electron chi connectivity index (χ4n) is 1.41. The third kappa shape index (κ3) is 9.52. The summed E-state index contributed by atoms with van der Waals surface area (Å²) in [5.41, 5.74) is 5.02. The topological polar surface area (TPSA) is 63.3 Å². The predicted molar refractivity (Wildman–Crippen MR) is 57.8 cm³/mol. The summed E-state index contributed by atoms with van der Waals surface area (Å²) in [4.78, 5) is 10.4. The molecule has 84 valence electrons. The number of unbranched alkanes of at least 4 members (excludes halogenated alkanes) is 4. The normalized spacial score (nSPS) is 12.7. The van der Waals surface area contributed by atoms with Gasteiger partial charge in [-0.3, -0.25) is 4.79 Å². The van der Waals surface area contributed by atoms with Crippen molar-refractivity contribution < 1.29 is 9.90 Å². The van der Waals surface area contributed by atoms with Gasteiger partial charge in [-0.1, -0.05) is 32.6 Å².